The molecule has 0 radical (unpaired) electrons. The highest BCUT2D eigenvalue weighted by Gasteiger charge is 2.32. The van der Waals surface area contributed by atoms with Gasteiger partial charge in [0.2, 0.25) is 5.95 Å². The summed E-state index contributed by atoms with van der Waals surface area (Å²) >= 11 is 7.71. The van der Waals surface area contributed by atoms with Gasteiger partial charge in [-0.25, -0.2) is 19.7 Å². The second kappa shape index (κ2) is 11.0. The third-order valence-corrected chi connectivity index (χ3v) is 8.49. The number of anilines is 1. The number of likely N-dealkylation sites (N-methyl/N-ethyl adjacent to an activating group) is 1. The Kier molecular flexibility index (Phi) is 7.85. The average Bonchev–Trinajstić information content (AvgIpc) is 3.32. The van der Waals surface area contributed by atoms with Crippen molar-refractivity contribution in [2.75, 3.05) is 31.6 Å². The van der Waals surface area contributed by atoms with E-state index < -0.39 is 17.7 Å². The van der Waals surface area contributed by atoms with E-state index in [1.54, 1.807) is 6.20 Å². The third-order valence-electron chi connectivity index (χ3n) is 7.12. The van der Waals surface area contributed by atoms with Crippen molar-refractivity contribution in [1.29, 1.82) is 0 Å². The van der Waals surface area contributed by atoms with E-state index in [-0.39, 0.29) is 0 Å². The van der Waals surface area contributed by atoms with Crippen molar-refractivity contribution in [2.45, 2.75) is 52.4 Å². The number of rotatable bonds is 6. The zero-order valence-corrected chi connectivity index (χ0v) is 25.2. The van der Waals surface area contributed by atoms with E-state index >= 15 is 0 Å². The van der Waals surface area contributed by atoms with Gasteiger partial charge in [0.25, 0.3) is 0 Å². The van der Waals surface area contributed by atoms with Crippen LogP contribution in [0, 0.1) is 6.92 Å². The molecule has 2 aromatic heterocycles. The highest BCUT2D eigenvalue weighted by Crippen LogP contribution is 2.44. The number of ether oxygens (including phenoxy) is 1. The number of fused-ring (bicyclic) bond motifs is 1. The van der Waals surface area contributed by atoms with Gasteiger partial charge in [-0.05, 0) is 77.1 Å². The number of halogens is 1. The van der Waals surface area contributed by atoms with Crippen molar-refractivity contribution < 1.29 is 14.6 Å². The number of carboxylic acid groups (broad SMARTS) is 1. The van der Waals surface area contributed by atoms with E-state index in [4.69, 9.17) is 26.3 Å². The Morgan fingerprint density at radius 2 is 1.90 bits per heavy atom. The normalized spacial score (nSPS) is 17.4. The van der Waals surface area contributed by atoms with E-state index in [0.717, 1.165) is 57.2 Å². The quantitative estimate of drug-likeness (QED) is 0.278. The molecular formula is C30H34ClN5O3S. The van der Waals surface area contributed by atoms with Gasteiger partial charge in [0.1, 0.15) is 10.7 Å². The van der Waals surface area contributed by atoms with Crippen LogP contribution < -0.4 is 4.90 Å². The molecule has 1 aliphatic rings. The second-order valence-corrected chi connectivity index (χ2v) is 12.8. The van der Waals surface area contributed by atoms with Crippen LogP contribution >= 0.6 is 22.9 Å². The lowest BCUT2D eigenvalue weighted by Crippen LogP contribution is -2.50. The van der Waals surface area contributed by atoms with E-state index in [1.807, 2.05) is 64.1 Å². The zero-order valence-electron chi connectivity index (χ0n) is 23.6. The fraction of sp³-hybridized carbons (Fsp3) is 0.400. The highest BCUT2D eigenvalue weighted by molar-refractivity contribution is 7.22. The van der Waals surface area contributed by atoms with Crippen LogP contribution in [0.4, 0.5) is 5.95 Å². The van der Waals surface area contributed by atoms with E-state index in [9.17, 15) is 9.90 Å². The lowest BCUT2D eigenvalue weighted by molar-refractivity contribution is -0.160. The lowest BCUT2D eigenvalue weighted by atomic mass is 9.91. The van der Waals surface area contributed by atoms with E-state index in [2.05, 4.69) is 28.8 Å². The van der Waals surface area contributed by atoms with Gasteiger partial charge in [-0.3, -0.25) is 0 Å². The maximum atomic E-state index is 12.6. The minimum absolute atomic E-state index is 0.407. The molecule has 0 spiro atoms. The molecule has 0 bridgehead atoms. The number of aliphatic carboxylic acids is 1. The Morgan fingerprint density at radius 1 is 1.18 bits per heavy atom. The van der Waals surface area contributed by atoms with Crippen molar-refractivity contribution in [3.8, 4) is 21.8 Å². The Bertz CT molecular complexity index is 1550. The molecule has 10 heteroatoms. The number of carboxylic acids is 1. The number of aryl methyl sites for hydroxylation is 1. The SMILES string of the molecule is Cc1cc2nc(-c3ccnc(N4CCN(C)[C@@H](C)C4)n3)sc2c(-c2ccc(Cl)cc2)c1[C@H](OC(C)(C)C)C(=O)O. The van der Waals surface area contributed by atoms with Crippen LogP contribution in [-0.4, -0.2) is 69.3 Å². The molecule has 210 valence electrons. The molecule has 1 saturated heterocycles. The number of hydrogen-bond acceptors (Lipinski definition) is 8. The topological polar surface area (TPSA) is 91.7 Å². The molecule has 0 saturated carbocycles. The Morgan fingerprint density at radius 3 is 2.55 bits per heavy atom. The molecule has 2 atom stereocenters. The first kappa shape index (κ1) is 28.4. The number of benzene rings is 2. The van der Waals surface area contributed by atoms with Crippen LogP contribution in [0.2, 0.25) is 5.02 Å². The van der Waals surface area contributed by atoms with Gasteiger partial charge in [-0.15, -0.1) is 11.3 Å². The summed E-state index contributed by atoms with van der Waals surface area (Å²) < 4.78 is 6.99. The predicted octanol–water partition coefficient (Wildman–Crippen LogP) is 6.46. The number of nitrogens with zero attached hydrogens (tertiary/aromatic N) is 5. The van der Waals surface area contributed by atoms with Gasteiger partial charge < -0.3 is 19.6 Å². The number of thiazole rings is 1. The van der Waals surface area contributed by atoms with E-state index in [1.165, 1.54) is 11.3 Å². The van der Waals surface area contributed by atoms with Gasteiger partial charge in [-0.2, -0.15) is 0 Å². The van der Waals surface area contributed by atoms with Crippen LogP contribution in [0.25, 0.3) is 32.0 Å². The number of hydrogen-bond donors (Lipinski definition) is 1. The van der Waals surface area contributed by atoms with Crippen LogP contribution in [0.3, 0.4) is 0 Å². The number of aromatic nitrogens is 3. The summed E-state index contributed by atoms with van der Waals surface area (Å²) in [7, 11) is 2.14. The molecule has 4 aromatic rings. The Hall–Kier alpha value is -3.11. The zero-order chi connectivity index (χ0) is 28.8. The molecule has 8 nitrogen and oxygen atoms in total. The summed E-state index contributed by atoms with van der Waals surface area (Å²) in [5.41, 5.74) is 3.89. The molecule has 0 aliphatic carbocycles. The molecular weight excluding hydrogens is 546 g/mol. The third kappa shape index (κ3) is 5.83. The summed E-state index contributed by atoms with van der Waals surface area (Å²) in [6.45, 7) is 12.4. The van der Waals surface area contributed by atoms with Crippen molar-refractivity contribution in [3.63, 3.8) is 0 Å². The first-order chi connectivity index (χ1) is 18.9. The lowest BCUT2D eigenvalue weighted by Gasteiger charge is -2.37. The fourth-order valence-electron chi connectivity index (χ4n) is 5.00. The average molecular weight is 580 g/mol. The molecule has 2 aromatic carbocycles. The van der Waals surface area contributed by atoms with Crippen LogP contribution in [0.15, 0.2) is 42.6 Å². The summed E-state index contributed by atoms with van der Waals surface area (Å²) in [6.07, 6.45) is 0.617. The van der Waals surface area contributed by atoms with Gasteiger partial charge in [0.15, 0.2) is 6.10 Å². The molecule has 0 unspecified atom stereocenters. The largest absolute Gasteiger partial charge is 0.479 e. The molecule has 0 amide bonds. The van der Waals surface area contributed by atoms with Crippen LogP contribution in [-0.2, 0) is 9.53 Å². The van der Waals surface area contributed by atoms with Gasteiger partial charge >= 0.3 is 5.97 Å². The predicted molar refractivity (Wildman–Crippen MR) is 161 cm³/mol. The maximum Gasteiger partial charge on any atom is 0.337 e. The second-order valence-electron chi connectivity index (χ2n) is 11.3. The van der Waals surface area contributed by atoms with Crippen LogP contribution in [0.1, 0.15) is 44.9 Å². The first-order valence-electron chi connectivity index (χ1n) is 13.3. The smallest absolute Gasteiger partial charge is 0.337 e. The molecule has 1 aliphatic heterocycles. The minimum atomic E-state index is -1.16. The molecule has 40 heavy (non-hydrogen) atoms. The van der Waals surface area contributed by atoms with Crippen molar-refractivity contribution in [1.82, 2.24) is 19.9 Å². The first-order valence-corrected chi connectivity index (χ1v) is 14.5. The van der Waals surface area contributed by atoms with Crippen molar-refractivity contribution in [3.05, 3.63) is 58.7 Å². The van der Waals surface area contributed by atoms with Gasteiger partial charge in [-0.1, -0.05) is 23.7 Å². The molecule has 3 heterocycles. The van der Waals surface area contributed by atoms with Crippen molar-refractivity contribution >= 4 is 45.1 Å². The maximum absolute atomic E-state index is 12.6. The molecule has 1 N–H and O–H groups in total. The van der Waals surface area contributed by atoms with Crippen LogP contribution in [0.5, 0.6) is 0 Å². The minimum Gasteiger partial charge on any atom is -0.479 e. The summed E-state index contributed by atoms with van der Waals surface area (Å²) in [5, 5.41) is 11.6. The number of piperazine rings is 1. The summed E-state index contributed by atoms with van der Waals surface area (Å²) in [6, 6.07) is 11.7. The fourth-order valence-corrected chi connectivity index (χ4v) is 6.22. The number of carbonyl (C=O) groups is 1. The summed E-state index contributed by atoms with van der Waals surface area (Å²) in [5.74, 6) is -0.352. The molecule has 5 rings (SSSR count). The standard InChI is InChI=1S/C30H34ClN5O3S/c1-17-15-22-26(24(19-7-9-20(31)10-8-19)23(17)25(28(37)38)39-30(3,4)5)40-27(33-22)21-11-12-32-29(34-21)36-14-13-35(6)18(2)16-36/h7-12,15,18,25H,13-14,16H2,1-6H3,(H,37,38)/t18-,25-/m0/s1. The molecule has 1 fully saturated rings. The summed E-state index contributed by atoms with van der Waals surface area (Å²) in [4.78, 5) is 31.6. The monoisotopic (exact) mass is 579 g/mol. The van der Waals surface area contributed by atoms with Crippen molar-refractivity contribution in [2.24, 2.45) is 0 Å². The highest BCUT2D eigenvalue weighted by atomic mass is 35.5. The Balaban J connectivity index is 1.67. The van der Waals surface area contributed by atoms with E-state index in [0.29, 0.717) is 22.6 Å². The van der Waals surface area contributed by atoms with Gasteiger partial charge in [0.05, 0.1) is 15.8 Å². The Labute approximate surface area is 243 Å². The van der Waals surface area contributed by atoms with Gasteiger partial charge in [0, 0.05) is 48.0 Å².